The van der Waals surface area contributed by atoms with Crippen LogP contribution in [0.2, 0.25) is 0 Å². The highest BCUT2D eigenvalue weighted by atomic mass is 32.2. The summed E-state index contributed by atoms with van der Waals surface area (Å²) in [6, 6.07) is 1.05. The molecule has 2 heterocycles. The maximum Gasteiger partial charge on any atom is 0.352 e. The molecule has 0 aliphatic rings. The number of rotatable bonds is 4. The molecule has 0 fully saturated rings. The highest BCUT2D eigenvalue weighted by molar-refractivity contribution is 7.93. The SMILES string of the molecule is Cc1csc(NS(=O)(=O)c2c[nH]c(C(=O)O)c2)n1. The Morgan fingerprint density at radius 2 is 2.28 bits per heavy atom. The number of aromatic amines is 1. The van der Waals surface area contributed by atoms with Gasteiger partial charge in [0.2, 0.25) is 0 Å². The first-order chi connectivity index (χ1) is 8.38. The molecule has 0 aliphatic heterocycles. The first-order valence-corrected chi connectivity index (χ1v) is 7.11. The van der Waals surface area contributed by atoms with Gasteiger partial charge in [-0.1, -0.05) is 0 Å². The molecule has 18 heavy (non-hydrogen) atoms. The number of H-pyrrole nitrogens is 1. The average molecular weight is 287 g/mol. The molecule has 0 radical (unpaired) electrons. The predicted molar refractivity (Wildman–Crippen MR) is 65.4 cm³/mol. The van der Waals surface area contributed by atoms with Gasteiger partial charge in [-0.25, -0.2) is 18.2 Å². The minimum absolute atomic E-state index is 0.146. The molecule has 0 bridgehead atoms. The summed E-state index contributed by atoms with van der Waals surface area (Å²) in [6.07, 6.45) is 1.12. The van der Waals surface area contributed by atoms with Gasteiger partial charge in [0.15, 0.2) is 5.13 Å². The van der Waals surface area contributed by atoms with Crippen LogP contribution in [0.15, 0.2) is 22.5 Å². The average Bonchev–Trinajstić information content (AvgIpc) is 2.86. The van der Waals surface area contributed by atoms with E-state index >= 15 is 0 Å². The van der Waals surface area contributed by atoms with Gasteiger partial charge in [0.1, 0.15) is 10.6 Å². The molecule has 0 aromatic carbocycles. The summed E-state index contributed by atoms with van der Waals surface area (Å²) in [6.45, 7) is 1.74. The van der Waals surface area contributed by atoms with E-state index in [-0.39, 0.29) is 15.7 Å². The smallest absolute Gasteiger partial charge is 0.352 e. The summed E-state index contributed by atoms with van der Waals surface area (Å²) in [5, 5.41) is 10.6. The molecule has 2 aromatic rings. The van der Waals surface area contributed by atoms with E-state index in [2.05, 4.69) is 14.7 Å². The van der Waals surface area contributed by atoms with E-state index in [9.17, 15) is 13.2 Å². The van der Waals surface area contributed by atoms with Crippen molar-refractivity contribution in [1.29, 1.82) is 0 Å². The molecular weight excluding hydrogens is 278 g/mol. The van der Waals surface area contributed by atoms with E-state index in [0.717, 1.165) is 23.6 Å². The fourth-order valence-corrected chi connectivity index (χ4v) is 3.16. The molecule has 2 rings (SSSR count). The Morgan fingerprint density at radius 1 is 1.56 bits per heavy atom. The van der Waals surface area contributed by atoms with Crippen LogP contribution in [-0.4, -0.2) is 29.5 Å². The Bertz CT molecular complexity index is 686. The van der Waals surface area contributed by atoms with E-state index in [1.54, 1.807) is 12.3 Å². The number of hydrogen-bond acceptors (Lipinski definition) is 5. The highest BCUT2D eigenvalue weighted by Crippen LogP contribution is 2.20. The maximum atomic E-state index is 11.9. The Labute approximate surface area is 107 Å². The van der Waals surface area contributed by atoms with Crippen LogP contribution in [0.4, 0.5) is 5.13 Å². The lowest BCUT2D eigenvalue weighted by Crippen LogP contribution is -2.12. The Hall–Kier alpha value is -1.87. The van der Waals surface area contributed by atoms with Crippen LogP contribution in [0, 0.1) is 6.92 Å². The molecule has 7 nitrogen and oxygen atoms in total. The minimum atomic E-state index is -3.81. The minimum Gasteiger partial charge on any atom is -0.477 e. The van der Waals surface area contributed by atoms with Crippen LogP contribution >= 0.6 is 11.3 Å². The lowest BCUT2D eigenvalue weighted by molar-refractivity contribution is 0.0691. The number of nitrogens with zero attached hydrogens (tertiary/aromatic N) is 1. The largest absolute Gasteiger partial charge is 0.477 e. The normalized spacial score (nSPS) is 11.4. The zero-order valence-corrected chi connectivity index (χ0v) is 10.8. The molecule has 9 heteroatoms. The van der Waals surface area contributed by atoms with Crippen molar-refractivity contribution in [3.8, 4) is 0 Å². The van der Waals surface area contributed by atoms with Crippen molar-refractivity contribution in [2.75, 3.05) is 4.72 Å². The lowest BCUT2D eigenvalue weighted by atomic mass is 10.4. The van der Waals surface area contributed by atoms with E-state index < -0.39 is 16.0 Å². The quantitative estimate of drug-likeness (QED) is 0.784. The number of carbonyl (C=O) groups is 1. The van der Waals surface area contributed by atoms with Gasteiger partial charge in [-0.15, -0.1) is 11.3 Å². The first kappa shape index (κ1) is 12.6. The molecule has 0 aliphatic carbocycles. The number of aromatic carboxylic acids is 1. The third-order valence-corrected chi connectivity index (χ3v) is 4.36. The summed E-state index contributed by atoms with van der Waals surface area (Å²) in [5.74, 6) is -1.22. The monoisotopic (exact) mass is 287 g/mol. The number of aromatic nitrogens is 2. The van der Waals surface area contributed by atoms with Crippen LogP contribution in [0.1, 0.15) is 16.2 Å². The second-order valence-electron chi connectivity index (χ2n) is 3.45. The van der Waals surface area contributed by atoms with Gasteiger partial charge >= 0.3 is 5.97 Å². The van der Waals surface area contributed by atoms with Crippen LogP contribution in [0.3, 0.4) is 0 Å². The van der Waals surface area contributed by atoms with Gasteiger partial charge in [-0.05, 0) is 13.0 Å². The van der Waals surface area contributed by atoms with Gasteiger partial charge in [0, 0.05) is 11.6 Å². The number of anilines is 1. The summed E-state index contributed by atoms with van der Waals surface area (Å²) >= 11 is 1.16. The molecule has 0 saturated heterocycles. The summed E-state index contributed by atoms with van der Waals surface area (Å²) in [4.78, 5) is 16.8. The predicted octanol–water partition coefficient (Wildman–Crippen LogP) is 1.28. The number of carboxylic acids is 1. The van der Waals surface area contributed by atoms with Crippen LogP contribution in [-0.2, 0) is 10.0 Å². The van der Waals surface area contributed by atoms with Gasteiger partial charge < -0.3 is 10.1 Å². The third kappa shape index (κ3) is 2.51. The van der Waals surface area contributed by atoms with Crippen molar-refractivity contribution in [2.24, 2.45) is 0 Å². The highest BCUT2D eigenvalue weighted by Gasteiger charge is 2.19. The second-order valence-corrected chi connectivity index (χ2v) is 5.99. The number of aryl methyl sites for hydroxylation is 1. The topological polar surface area (TPSA) is 112 Å². The molecule has 0 unspecified atom stereocenters. The Morgan fingerprint density at radius 3 is 2.78 bits per heavy atom. The van der Waals surface area contributed by atoms with Crippen molar-refractivity contribution >= 4 is 32.5 Å². The molecule has 3 N–H and O–H groups in total. The fourth-order valence-electron chi connectivity index (χ4n) is 1.23. The lowest BCUT2D eigenvalue weighted by Gasteiger charge is -2.01. The molecule has 0 saturated carbocycles. The summed E-state index contributed by atoms with van der Waals surface area (Å²) in [5.41, 5.74) is 0.517. The van der Waals surface area contributed by atoms with E-state index in [1.165, 1.54) is 0 Å². The maximum absolute atomic E-state index is 11.9. The molecule has 0 spiro atoms. The van der Waals surface area contributed by atoms with Crippen LogP contribution < -0.4 is 4.72 Å². The zero-order chi connectivity index (χ0) is 13.3. The van der Waals surface area contributed by atoms with E-state index in [4.69, 9.17) is 5.11 Å². The molecule has 0 amide bonds. The van der Waals surface area contributed by atoms with Crippen molar-refractivity contribution in [3.05, 3.63) is 29.0 Å². The zero-order valence-electron chi connectivity index (χ0n) is 9.17. The summed E-state index contributed by atoms with van der Waals surface area (Å²) in [7, 11) is -3.81. The van der Waals surface area contributed by atoms with E-state index in [0.29, 0.717) is 5.69 Å². The van der Waals surface area contributed by atoms with Gasteiger partial charge in [0.25, 0.3) is 10.0 Å². The van der Waals surface area contributed by atoms with Crippen molar-refractivity contribution in [2.45, 2.75) is 11.8 Å². The second kappa shape index (κ2) is 4.42. The third-order valence-electron chi connectivity index (χ3n) is 2.04. The van der Waals surface area contributed by atoms with Crippen molar-refractivity contribution in [1.82, 2.24) is 9.97 Å². The standard InChI is InChI=1S/C9H9N3O4S2/c1-5-4-17-9(11-5)12-18(15,16)6-2-7(8(13)14)10-3-6/h2-4,10H,1H3,(H,11,12)(H,13,14). The summed E-state index contributed by atoms with van der Waals surface area (Å²) < 4.78 is 26.1. The molecular formula is C9H9N3O4S2. The van der Waals surface area contributed by atoms with E-state index in [1.807, 2.05) is 0 Å². The number of sulfonamides is 1. The number of hydrogen-bond donors (Lipinski definition) is 3. The van der Waals surface area contributed by atoms with Gasteiger partial charge in [0.05, 0.1) is 5.69 Å². The number of thiazole rings is 1. The first-order valence-electron chi connectivity index (χ1n) is 4.75. The molecule has 2 aromatic heterocycles. The van der Waals surface area contributed by atoms with Crippen molar-refractivity contribution in [3.63, 3.8) is 0 Å². The molecule has 0 atom stereocenters. The Kier molecular flexibility index (Phi) is 3.09. The van der Waals surface area contributed by atoms with Crippen LogP contribution in [0.25, 0.3) is 0 Å². The van der Waals surface area contributed by atoms with Crippen LogP contribution in [0.5, 0.6) is 0 Å². The number of carboxylic acid groups (broad SMARTS) is 1. The van der Waals surface area contributed by atoms with Crippen molar-refractivity contribution < 1.29 is 18.3 Å². The van der Waals surface area contributed by atoms with Gasteiger partial charge in [-0.3, -0.25) is 4.72 Å². The van der Waals surface area contributed by atoms with Gasteiger partial charge in [-0.2, -0.15) is 0 Å². The number of nitrogens with one attached hydrogen (secondary N) is 2. The molecule has 96 valence electrons. The Balaban J connectivity index is 2.27. The fraction of sp³-hybridized carbons (Fsp3) is 0.111.